The molecule has 1 aromatic carbocycles. The van der Waals surface area contributed by atoms with Crippen LogP contribution in [0.2, 0.25) is 0 Å². The Morgan fingerprint density at radius 3 is 3.08 bits per heavy atom. The van der Waals surface area contributed by atoms with Crippen molar-refractivity contribution in [2.75, 3.05) is 40.0 Å². The van der Waals surface area contributed by atoms with Crippen LogP contribution in [-0.4, -0.2) is 74.6 Å². The fraction of sp³-hybridized carbons (Fsp3) is 0.529. The first kappa shape index (κ1) is 17.1. The summed E-state index contributed by atoms with van der Waals surface area (Å²) in [5.41, 5.74) is 2.20. The zero-order valence-electron chi connectivity index (χ0n) is 14.9. The Balaban J connectivity index is 1.39. The highest BCUT2D eigenvalue weighted by molar-refractivity contribution is 5.74. The molecule has 0 bridgehead atoms. The lowest BCUT2D eigenvalue weighted by molar-refractivity contribution is -0.0375. The van der Waals surface area contributed by atoms with Gasteiger partial charge in [-0.2, -0.15) is 0 Å². The molecule has 9 heteroatoms. The van der Waals surface area contributed by atoms with Crippen molar-refractivity contribution in [1.29, 1.82) is 0 Å². The van der Waals surface area contributed by atoms with Gasteiger partial charge in [-0.05, 0) is 22.6 Å². The number of morpholine rings is 1. The molecule has 3 aromatic rings. The van der Waals surface area contributed by atoms with Gasteiger partial charge >= 0.3 is 0 Å². The maximum atomic E-state index is 5.92. The van der Waals surface area contributed by atoms with Crippen LogP contribution in [0.15, 0.2) is 30.6 Å². The van der Waals surface area contributed by atoms with Gasteiger partial charge in [0.1, 0.15) is 6.10 Å². The number of rotatable bonds is 7. The summed E-state index contributed by atoms with van der Waals surface area (Å²) in [4.78, 5) is 6.84. The Kier molecular flexibility index (Phi) is 5.19. The van der Waals surface area contributed by atoms with Crippen molar-refractivity contribution < 1.29 is 9.47 Å². The van der Waals surface area contributed by atoms with Crippen LogP contribution >= 0.6 is 0 Å². The first-order chi connectivity index (χ1) is 12.8. The lowest BCUT2D eigenvalue weighted by atomic mass is 10.2. The maximum Gasteiger partial charge on any atom is 0.181 e. The number of hydrogen-bond donors (Lipinski definition) is 0. The van der Waals surface area contributed by atoms with Crippen LogP contribution in [0, 0.1) is 0 Å². The standard InChI is InChI=1S/C17H23N7O2/c1-25-10-9-24-17(19-20-21-24)16-12-22(8-11-26-16)6-7-23-13-18-14-4-2-3-5-15(14)23/h2-5,13,16H,6-12H2,1H3/t16-/m1/s1. The van der Waals surface area contributed by atoms with E-state index in [0.717, 1.165) is 37.5 Å². The second-order valence-corrected chi connectivity index (χ2v) is 6.34. The highest BCUT2D eigenvalue weighted by atomic mass is 16.5. The maximum absolute atomic E-state index is 5.92. The minimum Gasteiger partial charge on any atom is -0.383 e. The van der Waals surface area contributed by atoms with Crippen LogP contribution in [-0.2, 0) is 22.6 Å². The number of aromatic nitrogens is 6. The van der Waals surface area contributed by atoms with Crippen LogP contribution in [0.3, 0.4) is 0 Å². The van der Waals surface area contributed by atoms with Gasteiger partial charge < -0.3 is 14.0 Å². The van der Waals surface area contributed by atoms with Crippen molar-refractivity contribution >= 4 is 11.0 Å². The first-order valence-corrected chi connectivity index (χ1v) is 8.84. The van der Waals surface area contributed by atoms with E-state index in [1.165, 1.54) is 5.52 Å². The summed E-state index contributed by atoms with van der Waals surface area (Å²) in [6.45, 7) is 5.37. The molecule has 0 N–H and O–H groups in total. The number of hydrogen-bond acceptors (Lipinski definition) is 7. The Morgan fingerprint density at radius 2 is 2.15 bits per heavy atom. The molecule has 1 saturated heterocycles. The third-order valence-electron chi connectivity index (χ3n) is 4.69. The summed E-state index contributed by atoms with van der Waals surface area (Å²) < 4.78 is 15.0. The van der Waals surface area contributed by atoms with Crippen LogP contribution in [0.5, 0.6) is 0 Å². The van der Waals surface area contributed by atoms with E-state index in [2.05, 4.69) is 36.0 Å². The topological polar surface area (TPSA) is 83.1 Å². The van der Waals surface area contributed by atoms with Crippen molar-refractivity contribution in [3.8, 4) is 0 Å². The van der Waals surface area contributed by atoms with Gasteiger partial charge in [-0.3, -0.25) is 4.90 Å². The molecule has 1 fully saturated rings. The van der Waals surface area contributed by atoms with Gasteiger partial charge in [-0.1, -0.05) is 12.1 Å². The normalized spacial score (nSPS) is 18.6. The van der Waals surface area contributed by atoms with Crippen molar-refractivity contribution in [1.82, 2.24) is 34.7 Å². The molecule has 1 aliphatic rings. The molecule has 9 nitrogen and oxygen atoms in total. The molecule has 1 aliphatic heterocycles. The molecule has 2 aromatic heterocycles. The Labute approximate surface area is 151 Å². The lowest BCUT2D eigenvalue weighted by Crippen LogP contribution is -2.40. The molecule has 4 rings (SSSR count). The number of fused-ring (bicyclic) bond motifs is 1. The van der Waals surface area contributed by atoms with E-state index < -0.39 is 0 Å². The van der Waals surface area contributed by atoms with E-state index in [0.29, 0.717) is 19.8 Å². The summed E-state index contributed by atoms with van der Waals surface area (Å²) in [5.74, 6) is 0.764. The number of para-hydroxylation sites is 2. The van der Waals surface area contributed by atoms with Crippen molar-refractivity contribution in [3.63, 3.8) is 0 Å². The third-order valence-corrected chi connectivity index (χ3v) is 4.69. The summed E-state index contributed by atoms with van der Waals surface area (Å²) in [6, 6.07) is 8.20. The molecule has 0 spiro atoms. The Hall–Kier alpha value is -2.36. The van der Waals surface area contributed by atoms with Crippen molar-refractivity contribution in [2.24, 2.45) is 0 Å². The second-order valence-electron chi connectivity index (χ2n) is 6.34. The van der Waals surface area contributed by atoms with E-state index in [-0.39, 0.29) is 6.10 Å². The molecule has 0 unspecified atom stereocenters. The third kappa shape index (κ3) is 3.59. The minimum absolute atomic E-state index is 0.116. The van der Waals surface area contributed by atoms with Gasteiger partial charge in [-0.15, -0.1) is 5.10 Å². The Bertz CT molecular complexity index is 846. The molecular weight excluding hydrogens is 334 g/mol. The minimum atomic E-state index is -0.116. The average molecular weight is 357 g/mol. The van der Waals surface area contributed by atoms with Gasteiger partial charge in [-0.25, -0.2) is 9.67 Å². The average Bonchev–Trinajstić information content (AvgIpc) is 3.32. The van der Waals surface area contributed by atoms with E-state index in [4.69, 9.17) is 9.47 Å². The van der Waals surface area contributed by atoms with Crippen LogP contribution in [0.1, 0.15) is 11.9 Å². The summed E-state index contributed by atoms with van der Waals surface area (Å²) in [6.07, 6.45) is 1.79. The molecule has 0 amide bonds. The molecular formula is C17H23N7O2. The molecule has 0 aliphatic carbocycles. The van der Waals surface area contributed by atoms with Gasteiger partial charge in [0.05, 0.1) is 37.1 Å². The Morgan fingerprint density at radius 1 is 1.23 bits per heavy atom. The van der Waals surface area contributed by atoms with Crippen molar-refractivity contribution in [3.05, 3.63) is 36.4 Å². The molecule has 1 atom stereocenters. The number of benzene rings is 1. The first-order valence-electron chi connectivity index (χ1n) is 8.84. The smallest absolute Gasteiger partial charge is 0.181 e. The predicted molar refractivity (Wildman–Crippen MR) is 94.6 cm³/mol. The van der Waals surface area contributed by atoms with E-state index in [9.17, 15) is 0 Å². The SMILES string of the molecule is COCCn1nnnc1[C@H]1CN(CCn2cnc3ccccc32)CCO1. The molecule has 0 radical (unpaired) electrons. The zero-order valence-corrected chi connectivity index (χ0v) is 14.9. The van der Waals surface area contributed by atoms with Gasteiger partial charge in [0, 0.05) is 33.3 Å². The van der Waals surface area contributed by atoms with Gasteiger partial charge in [0.2, 0.25) is 0 Å². The van der Waals surface area contributed by atoms with E-state index in [1.54, 1.807) is 11.8 Å². The van der Waals surface area contributed by atoms with Crippen molar-refractivity contribution in [2.45, 2.75) is 19.2 Å². The molecule has 0 saturated carbocycles. The van der Waals surface area contributed by atoms with E-state index in [1.807, 2.05) is 24.5 Å². The summed E-state index contributed by atoms with van der Waals surface area (Å²) >= 11 is 0. The van der Waals surface area contributed by atoms with Crippen LogP contribution in [0.4, 0.5) is 0 Å². The van der Waals surface area contributed by atoms with Crippen LogP contribution in [0.25, 0.3) is 11.0 Å². The predicted octanol–water partition coefficient (Wildman–Crippen LogP) is 0.743. The summed E-state index contributed by atoms with van der Waals surface area (Å²) in [7, 11) is 1.67. The van der Waals surface area contributed by atoms with E-state index >= 15 is 0 Å². The molecule has 26 heavy (non-hydrogen) atoms. The lowest BCUT2D eigenvalue weighted by Gasteiger charge is -2.32. The molecule has 138 valence electrons. The van der Waals surface area contributed by atoms with Crippen LogP contribution < -0.4 is 0 Å². The highest BCUT2D eigenvalue weighted by Crippen LogP contribution is 2.20. The number of tetrazole rings is 1. The monoisotopic (exact) mass is 357 g/mol. The van der Waals surface area contributed by atoms with Gasteiger partial charge in [0.25, 0.3) is 0 Å². The zero-order chi connectivity index (χ0) is 17.8. The number of ether oxygens (including phenoxy) is 2. The highest BCUT2D eigenvalue weighted by Gasteiger charge is 2.26. The summed E-state index contributed by atoms with van der Waals surface area (Å²) in [5, 5.41) is 12.0. The quantitative estimate of drug-likeness (QED) is 0.617. The fourth-order valence-corrected chi connectivity index (χ4v) is 3.28. The second kappa shape index (κ2) is 7.90. The largest absolute Gasteiger partial charge is 0.383 e. The fourth-order valence-electron chi connectivity index (χ4n) is 3.28. The number of nitrogens with zero attached hydrogens (tertiary/aromatic N) is 7. The van der Waals surface area contributed by atoms with Gasteiger partial charge in [0.15, 0.2) is 5.82 Å². The number of imidazole rings is 1. The number of methoxy groups -OCH3 is 1. The molecule has 3 heterocycles.